The van der Waals surface area contributed by atoms with Crippen LogP contribution in [-0.2, 0) is 0 Å². The maximum atomic E-state index is 5.99. The minimum atomic E-state index is 0.335. The molecule has 0 amide bonds. The molecule has 0 fully saturated rings. The number of nitrogens with zero attached hydrogens (tertiary/aromatic N) is 2. The summed E-state index contributed by atoms with van der Waals surface area (Å²) in [5.74, 6) is 0.959. The number of rotatable bonds is 2. The fraction of sp³-hybridized carbons (Fsp3) is 0.188. The van der Waals surface area contributed by atoms with Gasteiger partial charge in [-0.2, -0.15) is 0 Å². The molecule has 4 heteroatoms. The molecule has 3 nitrogen and oxygen atoms in total. The van der Waals surface area contributed by atoms with Gasteiger partial charge in [0.1, 0.15) is 5.82 Å². The fourth-order valence-electron chi connectivity index (χ4n) is 2.45. The van der Waals surface area contributed by atoms with Gasteiger partial charge < -0.3 is 10.3 Å². The van der Waals surface area contributed by atoms with Crippen molar-refractivity contribution < 1.29 is 0 Å². The molecule has 1 heterocycles. The molecule has 0 atom stereocenters. The number of anilines is 1. The lowest BCUT2D eigenvalue weighted by atomic mass is 10.2. The summed E-state index contributed by atoms with van der Waals surface area (Å²) in [6.45, 7) is 4.33. The van der Waals surface area contributed by atoms with Gasteiger partial charge in [0.2, 0.25) is 0 Å². The van der Waals surface area contributed by atoms with Gasteiger partial charge in [-0.25, -0.2) is 4.98 Å². The van der Waals surface area contributed by atoms with E-state index in [1.54, 1.807) is 0 Å². The third kappa shape index (κ3) is 2.10. The summed E-state index contributed by atoms with van der Waals surface area (Å²) in [4.78, 5) is 4.77. The highest BCUT2D eigenvalue weighted by atomic mass is 79.9. The number of hydrogen-bond donors (Lipinski definition) is 1. The molecule has 0 unspecified atom stereocenters. The van der Waals surface area contributed by atoms with E-state index in [-0.39, 0.29) is 0 Å². The Bertz CT molecular complexity index is 774. The lowest BCUT2D eigenvalue weighted by Crippen LogP contribution is -2.03. The van der Waals surface area contributed by atoms with Crippen LogP contribution in [0.4, 0.5) is 5.69 Å². The van der Waals surface area contributed by atoms with Gasteiger partial charge in [0.05, 0.1) is 11.0 Å². The van der Waals surface area contributed by atoms with Gasteiger partial charge in [-0.05, 0) is 60.1 Å². The van der Waals surface area contributed by atoms with E-state index in [1.165, 1.54) is 0 Å². The molecular weight excluding hydrogens is 314 g/mol. The van der Waals surface area contributed by atoms with Crippen LogP contribution in [0.5, 0.6) is 0 Å². The Hall–Kier alpha value is -1.81. The van der Waals surface area contributed by atoms with Crippen LogP contribution >= 0.6 is 15.9 Å². The van der Waals surface area contributed by atoms with E-state index in [9.17, 15) is 0 Å². The molecule has 1 aromatic heterocycles. The second kappa shape index (κ2) is 4.94. The lowest BCUT2D eigenvalue weighted by Gasteiger charge is -2.13. The van der Waals surface area contributed by atoms with Crippen molar-refractivity contribution >= 4 is 32.7 Å². The van der Waals surface area contributed by atoms with Crippen LogP contribution in [0.2, 0.25) is 0 Å². The monoisotopic (exact) mass is 329 g/mol. The Morgan fingerprint density at radius 3 is 2.60 bits per heavy atom. The number of aromatic nitrogens is 2. The van der Waals surface area contributed by atoms with Gasteiger partial charge in [-0.1, -0.05) is 12.1 Å². The van der Waals surface area contributed by atoms with Crippen LogP contribution in [0.1, 0.15) is 19.9 Å². The average molecular weight is 330 g/mol. The highest BCUT2D eigenvalue weighted by Crippen LogP contribution is 2.31. The molecule has 2 N–H and O–H groups in total. The Labute approximate surface area is 126 Å². The zero-order chi connectivity index (χ0) is 14.3. The second-order valence-electron chi connectivity index (χ2n) is 5.12. The third-order valence-corrected chi connectivity index (χ3v) is 4.09. The van der Waals surface area contributed by atoms with E-state index < -0.39 is 0 Å². The maximum Gasteiger partial charge on any atom is 0.141 e. The quantitative estimate of drug-likeness (QED) is 0.696. The first kappa shape index (κ1) is 13.2. The number of para-hydroxylation sites is 2. The summed E-state index contributed by atoms with van der Waals surface area (Å²) in [5, 5.41) is 0. The molecule has 2 aromatic carbocycles. The van der Waals surface area contributed by atoms with E-state index >= 15 is 0 Å². The molecule has 0 saturated carbocycles. The Morgan fingerprint density at radius 2 is 1.90 bits per heavy atom. The molecule has 0 aliphatic carbocycles. The molecule has 0 radical (unpaired) electrons. The molecule has 0 aliphatic rings. The van der Waals surface area contributed by atoms with Crippen molar-refractivity contribution in [1.29, 1.82) is 0 Å². The van der Waals surface area contributed by atoms with Crippen molar-refractivity contribution in [3.05, 3.63) is 46.9 Å². The molecule has 20 heavy (non-hydrogen) atoms. The second-order valence-corrected chi connectivity index (χ2v) is 5.98. The molecule has 0 saturated heterocycles. The molecule has 3 rings (SSSR count). The summed E-state index contributed by atoms with van der Waals surface area (Å²) in [6, 6.07) is 14.5. The first-order valence-electron chi connectivity index (χ1n) is 6.60. The normalized spacial score (nSPS) is 11.4. The predicted molar refractivity (Wildman–Crippen MR) is 87.7 cm³/mol. The molecule has 0 aliphatic heterocycles. The summed E-state index contributed by atoms with van der Waals surface area (Å²) in [5.41, 5.74) is 9.92. The van der Waals surface area contributed by atoms with Crippen molar-refractivity contribution in [2.75, 3.05) is 5.73 Å². The highest BCUT2D eigenvalue weighted by molar-refractivity contribution is 9.10. The van der Waals surface area contributed by atoms with Crippen molar-refractivity contribution in [3.63, 3.8) is 0 Å². The lowest BCUT2D eigenvalue weighted by molar-refractivity contribution is 0.624. The summed E-state index contributed by atoms with van der Waals surface area (Å²) in [6.07, 6.45) is 0. The zero-order valence-electron chi connectivity index (χ0n) is 11.5. The Kier molecular flexibility index (Phi) is 3.26. The smallest absolute Gasteiger partial charge is 0.141 e. The van der Waals surface area contributed by atoms with Crippen LogP contribution in [0.3, 0.4) is 0 Å². The van der Waals surface area contributed by atoms with Crippen LogP contribution in [0.15, 0.2) is 46.9 Å². The zero-order valence-corrected chi connectivity index (χ0v) is 13.1. The predicted octanol–water partition coefficient (Wildman–Crippen LogP) is 4.63. The van der Waals surface area contributed by atoms with Gasteiger partial charge in [0, 0.05) is 21.8 Å². The molecule has 102 valence electrons. The number of imidazole rings is 1. The first-order valence-corrected chi connectivity index (χ1v) is 7.39. The van der Waals surface area contributed by atoms with Crippen molar-refractivity contribution in [2.24, 2.45) is 0 Å². The minimum Gasteiger partial charge on any atom is -0.398 e. The maximum absolute atomic E-state index is 5.99. The van der Waals surface area contributed by atoms with Gasteiger partial charge in [0.15, 0.2) is 0 Å². The van der Waals surface area contributed by atoms with Gasteiger partial charge >= 0.3 is 0 Å². The van der Waals surface area contributed by atoms with E-state index in [2.05, 4.69) is 40.4 Å². The summed E-state index contributed by atoms with van der Waals surface area (Å²) < 4.78 is 3.16. The van der Waals surface area contributed by atoms with Crippen LogP contribution < -0.4 is 5.73 Å². The minimum absolute atomic E-state index is 0.335. The van der Waals surface area contributed by atoms with Crippen LogP contribution in [-0.4, -0.2) is 9.55 Å². The van der Waals surface area contributed by atoms with Gasteiger partial charge in [-0.15, -0.1) is 0 Å². The van der Waals surface area contributed by atoms with E-state index in [1.807, 2.05) is 36.4 Å². The van der Waals surface area contributed by atoms with Gasteiger partial charge in [0.25, 0.3) is 0 Å². The molecule has 3 aromatic rings. The topological polar surface area (TPSA) is 43.8 Å². The molecule has 0 bridgehead atoms. The van der Waals surface area contributed by atoms with E-state index in [4.69, 9.17) is 10.7 Å². The molecular formula is C16H16BrN3. The van der Waals surface area contributed by atoms with E-state index in [0.29, 0.717) is 6.04 Å². The van der Waals surface area contributed by atoms with Gasteiger partial charge in [-0.3, -0.25) is 0 Å². The van der Waals surface area contributed by atoms with Crippen molar-refractivity contribution in [2.45, 2.75) is 19.9 Å². The highest BCUT2D eigenvalue weighted by Gasteiger charge is 2.15. The first-order chi connectivity index (χ1) is 9.58. The number of halogens is 1. The van der Waals surface area contributed by atoms with E-state index in [0.717, 1.165) is 32.6 Å². The Morgan fingerprint density at radius 1 is 1.15 bits per heavy atom. The van der Waals surface area contributed by atoms with Crippen LogP contribution in [0, 0.1) is 0 Å². The SMILES string of the molecule is CC(C)n1c(-c2ccc(Br)c(N)c2)nc2ccccc21. The molecule has 0 spiro atoms. The third-order valence-electron chi connectivity index (χ3n) is 3.37. The number of nitrogen functional groups attached to an aromatic ring is 1. The largest absolute Gasteiger partial charge is 0.398 e. The fourth-order valence-corrected chi connectivity index (χ4v) is 2.70. The standard InChI is InChI=1S/C16H16BrN3/c1-10(2)20-15-6-4-3-5-14(15)19-16(20)11-7-8-12(17)13(18)9-11/h3-10H,18H2,1-2H3. The summed E-state index contributed by atoms with van der Waals surface area (Å²) >= 11 is 3.43. The van der Waals surface area contributed by atoms with Crippen molar-refractivity contribution in [1.82, 2.24) is 9.55 Å². The number of hydrogen-bond acceptors (Lipinski definition) is 2. The number of benzene rings is 2. The van der Waals surface area contributed by atoms with Crippen LogP contribution in [0.25, 0.3) is 22.4 Å². The Balaban J connectivity index is 2.29. The number of fused-ring (bicyclic) bond motifs is 1. The summed E-state index contributed by atoms with van der Waals surface area (Å²) in [7, 11) is 0. The van der Waals surface area contributed by atoms with Crippen molar-refractivity contribution in [3.8, 4) is 11.4 Å². The number of nitrogens with two attached hydrogens (primary N) is 1. The average Bonchev–Trinajstić information content (AvgIpc) is 2.81.